The number of hydrogen-bond donors (Lipinski definition) is 1. The molecule has 2 fully saturated rings. The van der Waals surface area contributed by atoms with Crippen LogP contribution >= 0.6 is 11.6 Å². The maximum atomic E-state index is 12.7. The Labute approximate surface area is 125 Å². The van der Waals surface area contributed by atoms with Gasteiger partial charge < -0.3 is 5.32 Å². The first-order valence-electron chi connectivity index (χ1n) is 7.69. The van der Waals surface area contributed by atoms with E-state index in [2.05, 4.69) is 12.2 Å². The first-order valence-corrected chi connectivity index (χ1v) is 8.07. The summed E-state index contributed by atoms with van der Waals surface area (Å²) in [6.45, 7) is 2.26. The highest BCUT2D eigenvalue weighted by molar-refractivity contribution is 6.30. The number of hydrogen-bond acceptors (Lipinski definition) is 1. The zero-order valence-electron chi connectivity index (χ0n) is 12.0. The van der Waals surface area contributed by atoms with Crippen molar-refractivity contribution in [1.29, 1.82) is 0 Å². The molecule has 3 heteroatoms. The minimum absolute atomic E-state index is 0.221. The molecule has 1 amide bonds. The summed E-state index contributed by atoms with van der Waals surface area (Å²) in [4.78, 5) is 12.7. The number of carbonyl (C=O) groups excluding carboxylic acids is 1. The van der Waals surface area contributed by atoms with E-state index in [0.717, 1.165) is 29.8 Å². The summed E-state index contributed by atoms with van der Waals surface area (Å²) >= 11 is 5.94. The fourth-order valence-corrected chi connectivity index (χ4v) is 3.50. The van der Waals surface area contributed by atoms with E-state index in [9.17, 15) is 4.79 Å². The van der Waals surface area contributed by atoms with Crippen LogP contribution in [-0.4, -0.2) is 11.9 Å². The van der Waals surface area contributed by atoms with Crippen LogP contribution in [0.25, 0.3) is 0 Å². The Kier molecular flexibility index (Phi) is 3.76. The second-order valence-electron chi connectivity index (χ2n) is 6.43. The molecule has 3 rings (SSSR count). The fraction of sp³-hybridized carbons (Fsp3) is 0.588. The van der Waals surface area contributed by atoms with Gasteiger partial charge in [0.25, 0.3) is 0 Å². The van der Waals surface area contributed by atoms with E-state index in [4.69, 9.17) is 11.6 Å². The molecule has 2 atom stereocenters. The lowest BCUT2D eigenvalue weighted by atomic mass is 9.85. The van der Waals surface area contributed by atoms with Gasteiger partial charge in [0.05, 0.1) is 5.41 Å². The average molecular weight is 292 g/mol. The lowest BCUT2D eigenvalue weighted by Gasteiger charge is -2.31. The van der Waals surface area contributed by atoms with Crippen LogP contribution in [0.15, 0.2) is 24.3 Å². The van der Waals surface area contributed by atoms with Crippen molar-refractivity contribution in [3.63, 3.8) is 0 Å². The molecule has 0 heterocycles. The number of amides is 1. The number of rotatable bonds is 3. The van der Waals surface area contributed by atoms with Gasteiger partial charge in [0.15, 0.2) is 0 Å². The van der Waals surface area contributed by atoms with Gasteiger partial charge in [-0.3, -0.25) is 4.79 Å². The van der Waals surface area contributed by atoms with Crippen LogP contribution < -0.4 is 5.32 Å². The Bertz CT molecular complexity index is 492. The van der Waals surface area contributed by atoms with E-state index >= 15 is 0 Å². The zero-order valence-corrected chi connectivity index (χ0v) is 12.7. The zero-order chi connectivity index (χ0) is 14.2. The van der Waals surface area contributed by atoms with Crippen molar-refractivity contribution in [2.24, 2.45) is 5.92 Å². The Morgan fingerprint density at radius 3 is 2.45 bits per heavy atom. The summed E-state index contributed by atoms with van der Waals surface area (Å²) in [5.74, 6) is 0.826. The topological polar surface area (TPSA) is 29.1 Å². The van der Waals surface area contributed by atoms with Gasteiger partial charge in [-0.2, -0.15) is 0 Å². The number of halogens is 1. The van der Waals surface area contributed by atoms with Crippen LogP contribution in [0.4, 0.5) is 0 Å². The molecule has 2 nitrogen and oxygen atoms in total. The van der Waals surface area contributed by atoms with Crippen LogP contribution in [0, 0.1) is 5.92 Å². The molecule has 2 unspecified atom stereocenters. The van der Waals surface area contributed by atoms with Crippen molar-refractivity contribution < 1.29 is 4.79 Å². The van der Waals surface area contributed by atoms with Gasteiger partial charge in [-0.1, -0.05) is 43.5 Å². The van der Waals surface area contributed by atoms with Crippen molar-refractivity contribution in [2.75, 3.05) is 0 Å². The fourth-order valence-electron chi connectivity index (χ4n) is 3.38. The Balaban J connectivity index is 1.71. The number of benzene rings is 1. The van der Waals surface area contributed by atoms with E-state index < -0.39 is 0 Å². The van der Waals surface area contributed by atoms with Gasteiger partial charge in [0, 0.05) is 11.1 Å². The van der Waals surface area contributed by atoms with Gasteiger partial charge >= 0.3 is 0 Å². The van der Waals surface area contributed by atoms with Gasteiger partial charge in [-0.25, -0.2) is 0 Å². The van der Waals surface area contributed by atoms with Crippen LogP contribution in [-0.2, 0) is 10.2 Å². The number of nitrogens with one attached hydrogen (secondary N) is 1. The first-order chi connectivity index (χ1) is 9.62. The van der Waals surface area contributed by atoms with Crippen LogP contribution in [0.2, 0.25) is 5.02 Å². The van der Waals surface area contributed by atoms with Crippen molar-refractivity contribution in [3.05, 3.63) is 34.9 Å². The molecule has 2 aliphatic rings. The van der Waals surface area contributed by atoms with Crippen LogP contribution in [0.3, 0.4) is 0 Å². The summed E-state index contributed by atoms with van der Waals surface area (Å²) in [7, 11) is 0. The minimum Gasteiger partial charge on any atom is -0.352 e. The first kappa shape index (κ1) is 13.9. The summed E-state index contributed by atoms with van der Waals surface area (Å²) in [5, 5.41) is 4.04. The molecule has 1 N–H and O–H groups in total. The average Bonchev–Trinajstić information content (AvgIpc) is 3.24. The van der Waals surface area contributed by atoms with Crippen molar-refractivity contribution in [3.8, 4) is 0 Å². The highest BCUT2D eigenvalue weighted by Gasteiger charge is 2.51. The van der Waals surface area contributed by atoms with Gasteiger partial charge in [-0.05, 0) is 49.3 Å². The third-order valence-electron chi connectivity index (χ3n) is 5.01. The minimum atomic E-state index is -0.276. The third-order valence-corrected chi connectivity index (χ3v) is 5.26. The summed E-state index contributed by atoms with van der Waals surface area (Å²) in [5.41, 5.74) is 0.838. The SMILES string of the molecule is CC1CCCCC1NC(=O)C1(c2ccc(Cl)cc2)CC1. The highest BCUT2D eigenvalue weighted by atomic mass is 35.5. The van der Waals surface area contributed by atoms with Gasteiger partial charge in [0.2, 0.25) is 5.91 Å². The predicted octanol–water partition coefficient (Wildman–Crippen LogP) is 4.07. The summed E-state index contributed by atoms with van der Waals surface area (Å²) in [6.07, 6.45) is 6.82. The largest absolute Gasteiger partial charge is 0.352 e. The lowest BCUT2D eigenvalue weighted by molar-refractivity contribution is -0.124. The van der Waals surface area contributed by atoms with Crippen molar-refractivity contribution in [2.45, 2.75) is 56.9 Å². The molecule has 2 saturated carbocycles. The normalized spacial score (nSPS) is 27.9. The monoisotopic (exact) mass is 291 g/mol. The third kappa shape index (κ3) is 2.58. The molecule has 1 aromatic carbocycles. The van der Waals surface area contributed by atoms with Crippen molar-refractivity contribution >= 4 is 17.5 Å². The molecule has 0 bridgehead atoms. The maximum absolute atomic E-state index is 12.7. The molecule has 0 radical (unpaired) electrons. The van der Waals surface area contributed by atoms with E-state index in [-0.39, 0.29) is 11.3 Å². The molecule has 1 aromatic rings. The van der Waals surface area contributed by atoms with E-state index in [1.807, 2.05) is 24.3 Å². The van der Waals surface area contributed by atoms with Crippen molar-refractivity contribution in [1.82, 2.24) is 5.32 Å². The lowest BCUT2D eigenvalue weighted by Crippen LogP contribution is -2.45. The van der Waals surface area contributed by atoms with Gasteiger partial charge in [-0.15, -0.1) is 0 Å². The second kappa shape index (κ2) is 5.40. The Morgan fingerprint density at radius 1 is 1.20 bits per heavy atom. The van der Waals surface area contributed by atoms with E-state index in [1.54, 1.807) is 0 Å². The van der Waals surface area contributed by atoms with Crippen LogP contribution in [0.5, 0.6) is 0 Å². The standard InChI is InChI=1S/C17H22ClNO/c1-12-4-2-3-5-15(12)19-16(20)17(10-11-17)13-6-8-14(18)9-7-13/h6-9,12,15H,2-5,10-11H2,1H3,(H,19,20). The molecule has 0 saturated heterocycles. The molecule has 2 aliphatic carbocycles. The quantitative estimate of drug-likeness (QED) is 0.894. The Morgan fingerprint density at radius 2 is 1.85 bits per heavy atom. The molecule has 0 aromatic heterocycles. The Hall–Kier alpha value is -1.02. The molecule has 0 aliphatic heterocycles. The smallest absolute Gasteiger partial charge is 0.230 e. The van der Waals surface area contributed by atoms with Gasteiger partial charge in [0.1, 0.15) is 0 Å². The van der Waals surface area contributed by atoms with Crippen LogP contribution in [0.1, 0.15) is 51.0 Å². The van der Waals surface area contributed by atoms with E-state index in [0.29, 0.717) is 12.0 Å². The van der Waals surface area contributed by atoms with E-state index in [1.165, 1.54) is 19.3 Å². The molecule has 0 spiro atoms. The molecular formula is C17H22ClNO. The molecular weight excluding hydrogens is 270 g/mol. The summed E-state index contributed by atoms with van der Waals surface area (Å²) in [6, 6.07) is 8.13. The summed E-state index contributed by atoms with van der Waals surface area (Å²) < 4.78 is 0. The molecule has 108 valence electrons. The number of carbonyl (C=O) groups is 1. The molecule has 20 heavy (non-hydrogen) atoms. The predicted molar refractivity (Wildman–Crippen MR) is 81.9 cm³/mol. The second-order valence-corrected chi connectivity index (χ2v) is 6.87. The maximum Gasteiger partial charge on any atom is 0.230 e. The highest BCUT2D eigenvalue weighted by Crippen LogP contribution is 2.48.